The van der Waals surface area contributed by atoms with E-state index in [1.54, 1.807) is 16.9 Å². The first kappa shape index (κ1) is 28.6. The number of allylic oxidation sites excluding steroid dienone is 2. The Balaban J connectivity index is 1.93. The quantitative estimate of drug-likeness (QED) is 0.147. The van der Waals surface area contributed by atoms with Crippen LogP contribution in [0, 0.1) is 0 Å². The van der Waals surface area contributed by atoms with Crippen molar-refractivity contribution >= 4 is 38.5 Å². The van der Waals surface area contributed by atoms with Crippen LogP contribution in [0.5, 0.6) is 0 Å². The van der Waals surface area contributed by atoms with Crippen LogP contribution in [0.15, 0.2) is 146 Å². The van der Waals surface area contributed by atoms with Gasteiger partial charge >= 0.3 is 15.5 Å². The van der Waals surface area contributed by atoms with E-state index in [1.807, 2.05) is 127 Å². The minimum Gasteiger partial charge on any atom is -0.275 e. The van der Waals surface area contributed by atoms with Gasteiger partial charge in [-0.1, -0.05) is 140 Å². The molecule has 0 aliphatic rings. The molecule has 0 unspecified atom stereocenters. The molecule has 0 saturated carbocycles. The van der Waals surface area contributed by atoms with E-state index in [4.69, 9.17) is 0 Å². The van der Waals surface area contributed by atoms with Gasteiger partial charge in [-0.2, -0.15) is 21.6 Å². The summed E-state index contributed by atoms with van der Waals surface area (Å²) in [6.45, 7) is 0. The molecule has 0 atom stereocenters. The van der Waals surface area contributed by atoms with Gasteiger partial charge in [-0.05, 0) is 51.1 Å². The van der Waals surface area contributed by atoms with Gasteiger partial charge < -0.3 is 0 Å². The molecule has 0 aromatic heterocycles. The average molecular weight is 582 g/mol. The van der Waals surface area contributed by atoms with Gasteiger partial charge in [0, 0.05) is 5.56 Å². The second-order valence-corrected chi connectivity index (χ2v) is 11.1. The van der Waals surface area contributed by atoms with E-state index in [0.29, 0.717) is 16.7 Å². The van der Waals surface area contributed by atoms with Gasteiger partial charge in [0.15, 0.2) is 0 Å². The van der Waals surface area contributed by atoms with Gasteiger partial charge in [0.05, 0.1) is 5.69 Å². The van der Waals surface area contributed by atoms with Gasteiger partial charge in [-0.25, -0.2) is 0 Å². The van der Waals surface area contributed by atoms with Gasteiger partial charge in [0.2, 0.25) is 0 Å². The highest BCUT2D eigenvalue weighted by molar-refractivity contribution is 7.93. The number of hydrogen-bond donors (Lipinski definition) is 1. The summed E-state index contributed by atoms with van der Waals surface area (Å²) >= 11 is 0. The largest absolute Gasteiger partial charge is 0.516 e. The molecular formula is C35H26F3NO2S. The number of sulfonamides is 1. The maximum atomic E-state index is 13.5. The van der Waals surface area contributed by atoms with Crippen LogP contribution < -0.4 is 4.72 Å². The Morgan fingerprint density at radius 3 is 1.57 bits per heavy atom. The van der Waals surface area contributed by atoms with Crippen LogP contribution in [0.4, 0.5) is 18.9 Å². The van der Waals surface area contributed by atoms with Crippen molar-refractivity contribution in [3.8, 4) is 0 Å². The summed E-state index contributed by atoms with van der Waals surface area (Å²) in [7, 11) is -5.69. The molecule has 0 aliphatic heterocycles. The smallest absolute Gasteiger partial charge is 0.275 e. The molecule has 0 saturated heterocycles. The predicted molar refractivity (Wildman–Crippen MR) is 165 cm³/mol. The fourth-order valence-electron chi connectivity index (χ4n) is 4.70. The Kier molecular flexibility index (Phi) is 8.41. The number of hydrogen-bond acceptors (Lipinski definition) is 2. The van der Waals surface area contributed by atoms with E-state index in [9.17, 15) is 21.6 Å². The molecule has 5 rings (SSSR count). The van der Waals surface area contributed by atoms with Crippen LogP contribution in [0.2, 0.25) is 0 Å². The lowest BCUT2D eigenvalue weighted by Crippen LogP contribution is -2.30. The topological polar surface area (TPSA) is 46.2 Å². The molecule has 0 bridgehead atoms. The van der Waals surface area contributed by atoms with Crippen LogP contribution in [0.3, 0.4) is 0 Å². The van der Waals surface area contributed by atoms with E-state index in [-0.39, 0.29) is 5.69 Å². The summed E-state index contributed by atoms with van der Waals surface area (Å²) in [6.07, 6.45) is 2.03. The molecule has 0 aliphatic carbocycles. The fraction of sp³-hybridized carbons (Fsp3) is 0.0286. The van der Waals surface area contributed by atoms with Crippen LogP contribution in [-0.2, 0) is 10.0 Å². The lowest BCUT2D eigenvalue weighted by Gasteiger charge is -2.23. The Morgan fingerprint density at radius 1 is 0.571 bits per heavy atom. The minimum absolute atomic E-state index is 0.186. The number of anilines is 1. The van der Waals surface area contributed by atoms with Crippen molar-refractivity contribution in [2.75, 3.05) is 4.72 Å². The molecule has 7 heteroatoms. The summed E-state index contributed by atoms with van der Waals surface area (Å²) in [5, 5.41) is 0. The van der Waals surface area contributed by atoms with Gasteiger partial charge in [-0.3, -0.25) is 4.72 Å². The van der Waals surface area contributed by atoms with Crippen molar-refractivity contribution in [2.24, 2.45) is 0 Å². The number of rotatable bonds is 8. The third-order valence-electron chi connectivity index (χ3n) is 6.59. The fourth-order valence-corrected chi connectivity index (χ4v) is 5.29. The molecule has 1 N–H and O–H groups in total. The first-order valence-electron chi connectivity index (χ1n) is 13.1. The molecule has 5 aromatic carbocycles. The van der Waals surface area contributed by atoms with Crippen molar-refractivity contribution < 1.29 is 21.6 Å². The van der Waals surface area contributed by atoms with Crippen molar-refractivity contribution in [3.05, 3.63) is 173 Å². The van der Waals surface area contributed by atoms with Crippen molar-refractivity contribution in [3.63, 3.8) is 0 Å². The number of alkyl halides is 3. The van der Waals surface area contributed by atoms with E-state index in [0.717, 1.165) is 27.8 Å². The summed E-state index contributed by atoms with van der Waals surface area (Å²) < 4.78 is 67.0. The van der Waals surface area contributed by atoms with Gasteiger partial charge in [0.1, 0.15) is 0 Å². The lowest BCUT2D eigenvalue weighted by atomic mass is 9.82. The van der Waals surface area contributed by atoms with Crippen LogP contribution in [-0.4, -0.2) is 13.9 Å². The maximum absolute atomic E-state index is 13.5. The lowest BCUT2D eigenvalue weighted by molar-refractivity contribution is -0.0429. The Morgan fingerprint density at radius 2 is 1.02 bits per heavy atom. The highest BCUT2D eigenvalue weighted by atomic mass is 32.2. The highest BCUT2D eigenvalue weighted by Gasteiger charge is 2.46. The second-order valence-electron chi connectivity index (χ2n) is 9.41. The first-order valence-corrected chi connectivity index (χ1v) is 14.6. The SMILES string of the molecule is O=S(=O)(Nc1ccccc1/C(=C(\C(=Cc1ccccc1)c1ccccc1)c1ccccc1)c1ccccc1)C(F)(F)F. The molecule has 5 aromatic rings. The Hall–Kier alpha value is -4.88. The highest BCUT2D eigenvalue weighted by Crippen LogP contribution is 2.44. The normalized spacial score (nSPS) is 12.9. The second kappa shape index (κ2) is 12.3. The Bertz CT molecular complexity index is 1820. The third kappa shape index (κ3) is 6.37. The van der Waals surface area contributed by atoms with Crippen molar-refractivity contribution in [1.82, 2.24) is 0 Å². The summed E-state index contributed by atoms with van der Waals surface area (Å²) in [5.74, 6) is 0. The number of halogens is 3. The molecular weight excluding hydrogens is 555 g/mol. The molecule has 0 heterocycles. The predicted octanol–water partition coefficient (Wildman–Crippen LogP) is 9.15. The minimum atomic E-state index is -5.69. The van der Waals surface area contributed by atoms with Crippen LogP contribution >= 0.6 is 0 Å². The molecule has 42 heavy (non-hydrogen) atoms. The van der Waals surface area contributed by atoms with Crippen LogP contribution in [0.1, 0.15) is 27.8 Å². The van der Waals surface area contributed by atoms with E-state index >= 15 is 0 Å². The average Bonchev–Trinajstić information content (AvgIpc) is 3.00. The number of para-hydroxylation sites is 1. The van der Waals surface area contributed by atoms with E-state index in [1.165, 1.54) is 12.1 Å². The zero-order chi connectivity index (χ0) is 29.6. The molecule has 0 fully saturated rings. The summed E-state index contributed by atoms with van der Waals surface area (Å²) in [5.41, 5.74) is 0.0104. The number of benzene rings is 5. The first-order chi connectivity index (χ1) is 20.2. The van der Waals surface area contributed by atoms with Gasteiger partial charge in [-0.15, -0.1) is 0 Å². The van der Waals surface area contributed by atoms with Crippen molar-refractivity contribution in [1.29, 1.82) is 0 Å². The third-order valence-corrected chi connectivity index (χ3v) is 7.68. The zero-order valence-corrected chi connectivity index (χ0v) is 23.1. The van der Waals surface area contributed by atoms with Crippen molar-refractivity contribution in [2.45, 2.75) is 5.51 Å². The molecule has 0 radical (unpaired) electrons. The maximum Gasteiger partial charge on any atom is 0.516 e. The zero-order valence-electron chi connectivity index (χ0n) is 22.3. The monoisotopic (exact) mass is 581 g/mol. The molecule has 3 nitrogen and oxygen atoms in total. The summed E-state index contributed by atoms with van der Waals surface area (Å²) in [6, 6.07) is 44.3. The molecule has 0 amide bonds. The standard InChI is InChI=1S/C35H26F3NO2S/c36-35(37,38)42(40,41)39-32-24-14-13-23-30(32)33(28-19-9-3-10-20-28)34(29-21-11-4-12-22-29)31(27-17-7-2-8-18-27)25-26-15-5-1-6-16-26/h1-25,39H/b31-25?,34-33-. The van der Waals surface area contributed by atoms with E-state index < -0.39 is 15.5 Å². The molecule has 210 valence electrons. The Labute approximate surface area is 243 Å². The molecule has 0 spiro atoms. The van der Waals surface area contributed by atoms with Crippen LogP contribution in [0.25, 0.3) is 22.8 Å². The van der Waals surface area contributed by atoms with Gasteiger partial charge in [0.25, 0.3) is 0 Å². The number of nitrogens with one attached hydrogen (secondary N) is 1. The van der Waals surface area contributed by atoms with E-state index in [2.05, 4.69) is 0 Å². The summed E-state index contributed by atoms with van der Waals surface area (Å²) in [4.78, 5) is 0.